The van der Waals surface area contributed by atoms with Crippen LogP contribution in [0.5, 0.6) is 0 Å². The summed E-state index contributed by atoms with van der Waals surface area (Å²) in [5.74, 6) is -0.797. The molecule has 0 amide bonds. The van der Waals surface area contributed by atoms with Crippen molar-refractivity contribution in [3.8, 4) is 22.6 Å². The maximum Gasteiger partial charge on any atom is 0.329 e. The lowest BCUT2D eigenvalue weighted by Crippen LogP contribution is -2.23. The molecule has 5 aromatic rings. The lowest BCUT2D eigenvalue weighted by atomic mass is 10.1. The van der Waals surface area contributed by atoms with Crippen LogP contribution in [-0.2, 0) is 24.4 Å². The normalized spacial score (nSPS) is 12.5. The number of halogens is 2. The van der Waals surface area contributed by atoms with Crippen molar-refractivity contribution in [2.75, 3.05) is 6.26 Å². The van der Waals surface area contributed by atoms with Crippen LogP contribution in [0.15, 0.2) is 74.9 Å². The average molecular weight is 496 g/mol. The van der Waals surface area contributed by atoms with Crippen molar-refractivity contribution in [2.24, 2.45) is 7.05 Å². The predicted octanol–water partition coefficient (Wildman–Crippen LogP) is 4.18. The largest absolute Gasteiger partial charge is 0.415 e. The molecule has 0 saturated carbocycles. The van der Waals surface area contributed by atoms with Gasteiger partial charge in [0.1, 0.15) is 0 Å². The summed E-state index contributed by atoms with van der Waals surface area (Å²) in [5.41, 5.74) is 4.20. The highest BCUT2D eigenvalue weighted by Gasteiger charge is 2.18. The third-order valence-electron chi connectivity index (χ3n) is 5.68. The summed E-state index contributed by atoms with van der Waals surface area (Å²) in [6.07, 6.45) is 0.235. The highest BCUT2D eigenvalue weighted by Crippen LogP contribution is 2.26. The number of pyridine rings is 1. The van der Waals surface area contributed by atoms with E-state index in [9.17, 15) is 17.8 Å². The highest BCUT2D eigenvalue weighted by atomic mass is 32.2. The minimum absolute atomic E-state index is 0.0487. The van der Waals surface area contributed by atoms with Crippen LogP contribution in [0.25, 0.3) is 33.6 Å². The van der Waals surface area contributed by atoms with E-state index in [2.05, 4.69) is 15.2 Å². The molecule has 0 aliphatic rings. The zero-order chi connectivity index (χ0) is 24.7. The number of hydrogen-bond donors (Lipinski definition) is 0. The summed E-state index contributed by atoms with van der Waals surface area (Å²) in [4.78, 5) is 18.1. The maximum absolute atomic E-state index is 13.0. The zero-order valence-corrected chi connectivity index (χ0v) is 19.5. The first-order valence-corrected chi connectivity index (χ1v) is 12.1. The minimum atomic E-state index is -2.84. The van der Waals surface area contributed by atoms with Gasteiger partial charge >= 0.3 is 12.1 Å². The van der Waals surface area contributed by atoms with Gasteiger partial charge in [-0.15, -0.1) is 10.2 Å². The second kappa shape index (κ2) is 8.99. The highest BCUT2D eigenvalue weighted by molar-refractivity contribution is 7.84. The van der Waals surface area contributed by atoms with Gasteiger partial charge in [0.25, 0.3) is 5.89 Å². The number of nitrogens with zero attached hydrogens (tertiary/aromatic N) is 5. The van der Waals surface area contributed by atoms with Gasteiger partial charge in [0.15, 0.2) is 0 Å². The van der Waals surface area contributed by atoms with Crippen LogP contribution in [0, 0.1) is 0 Å². The molecule has 1 atom stereocenters. The van der Waals surface area contributed by atoms with E-state index in [1.807, 2.05) is 42.5 Å². The van der Waals surface area contributed by atoms with Gasteiger partial charge in [0, 0.05) is 35.2 Å². The van der Waals surface area contributed by atoms with E-state index in [1.165, 1.54) is 6.20 Å². The predicted molar refractivity (Wildman–Crippen MR) is 127 cm³/mol. The number of rotatable bonds is 6. The summed E-state index contributed by atoms with van der Waals surface area (Å²) >= 11 is 0. The average Bonchev–Trinajstić information content (AvgIpc) is 3.45. The van der Waals surface area contributed by atoms with Gasteiger partial charge < -0.3 is 4.42 Å². The minimum Gasteiger partial charge on any atom is -0.415 e. The quantitative estimate of drug-likeness (QED) is 0.351. The molecule has 35 heavy (non-hydrogen) atoms. The van der Waals surface area contributed by atoms with E-state index in [4.69, 9.17) is 4.42 Å². The Kier molecular flexibility index (Phi) is 5.85. The smallest absolute Gasteiger partial charge is 0.329 e. The molecule has 8 nitrogen and oxygen atoms in total. The Bertz CT molecular complexity index is 1610. The van der Waals surface area contributed by atoms with Gasteiger partial charge in [-0.2, -0.15) is 8.78 Å². The van der Waals surface area contributed by atoms with Crippen LogP contribution in [0.1, 0.15) is 18.0 Å². The van der Waals surface area contributed by atoms with E-state index in [0.29, 0.717) is 11.3 Å². The molecule has 0 saturated heterocycles. The molecule has 2 aromatic carbocycles. The molecular formula is C24H19F2N5O3S. The Balaban J connectivity index is 1.44. The standard InChI is InChI=1S/C24H19F2N5O3S/c1-30-20-11-15(14-4-8-18(9-5-14)35(2)33)6-10-19(20)31(24(30)32)13-17-7-3-16(12-27-17)22-28-29-23(34-22)21(25)26/h3-12,21H,13H2,1-2H3. The molecule has 0 N–H and O–H groups in total. The van der Waals surface area contributed by atoms with Gasteiger partial charge in [-0.25, -0.2) is 4.79 Å². The molecule has 3 heterocycles. The fourth-order valence-corrected chi connectivity index (χ4v) is 4.34. The van der Waals surface area contributed by atoms with Crippen molar-refractivity contribution < 1.29 is 17.4 Å². The SMILES string of the molecule is Cn1c(=O)n(Cc2ccc(-c3nnc(C(F)F)o3)cn2)c2ccc(-c3ccc(S(C)=O)cc3)cc21. The zero-order valence-electron chi connectivity index (χ0n) is 18.7. The topological polar surface area (TPSA) is 95.8 Å². The Labute approximate surface area is 200 Å². The maximum atomic E-state index is 13.0. The number of hydrogen-bond acceptors (Lipinski definition) is 6. The monoisotopic (exact) mass is 495 g/mol. The van der Waals surface area contributed by atoms with E-state index in [-0.39, 0.29) is 18.1 Å². The molecular weight excluding hydrogens is 476 g/mol. The van der Waals surface area contributed by atoms with Gasteiger partial charge in [0.2, 0.25) is 5.89 Å². The molecule has 0 aliphatic heterocycles. The third-order valence-corrected chi connectivity index (χ3v) is 6.62. The first kappa shape index (κ1) is 22.8. The van der Waals surface area contributed by atoms with Crippen molar-refractivity contribution in [3.63, 3.8) is 0 Å². The van der Waals surface area contributed by atoms with Crippen LogP contribution < -0.4 is 5.69 Å². The van der Waals surface area contributed by atoms with Crippen molar-refractivity contribution in [1.29, 1.82) is 0 Å². The molecule has 11 heteroatoms. The number of fused-ring (bicyclic) bond motifs is 1. The molecule has 0 bridgehead atoms. The Morgan fingerprint density at radius 2 is 1.69 bits per heavy atom. The Morgan fingerprint density at radius 1 is 0.971 bits per heavy atom. The van der Waals surface area contributed by atoms with Crippen molar-refractivity contribution in [1.82, 2.24) is 24.3 Å². The first-order valence-electron chi connectivity index (χ1n) is 10.5. The number of benzene rings is 2. The van der Waals surface area contributed by atoms with Crippen molar-refractivity contribution in [2.45, 2.75) is 17.9 Å². The lowest BCUT2D eigenvalue weighted by molar-refractivity contribution is 0.116. The van der Waals surface area contributed by atoms with E-state index in [1.54, 1.807) is 34.6 Å². The summed E-state index contributed by atoms with van der Waals surface area (Å²) in [6.45, 7) is 0.221. The van der Waals surface area contributed by atoms with E-state index < -0.39 is 23.1 Å². The van der Waals surface area contributed by atoms with Gasteiger partial charge in [-0.3, -0.25) is 18.3 Å². The van der Waals surface area contributed by atoms with Crippen LogP contribution in [-0.4, -0.2) is 34.8 Å². The molecule has 1 unspecified atom stereocenters. The van der Waals surface area contributed by atoms with Crippen molar-refractivity contribution in [3.05, 3.63) is 82.9 Å². The lowest BCUT2D eigenvalue weighted by Gasteiger charge is -2.06. The fourth-order valence-electron chi connectivity index (χ4n) is 3.82. The van der Waals surface area contributed by atoms with E-state index >= 15 is 0 Å². The van der Waals surface area contributed by atoms with Crippen LogP contribution in [0.3, 0.4) is 0 Å². The molecule has 0 aliphatic carbocycles. The molecule has 178 valence electrons. The van der Waals surface area contributed by atoms with E-state index in [0.717, 1.165) is 27.1 Å². The molecule has 0 spiro atoms. The summed E-state index contributed by atoms with van der Waals surface area (Å²) in [7, 11) is 0.660. The Morgan fingerprint density at radius 3 is 2.31 bits per heavy atom. The third kappa shape index (κ3) is 4.30. The molecule has 0 fully saturated rings. The van der Waals surface area contributed by atoms with Gasteiger partial charge in [-0.1, -0.05) is 18.2 Å². The number of aryl methyl sites for hydroxylation is 1. The fraction of sp³-hybridized carbons (Fsp3) is 0.167. The molecule has 5 rings (SSSR count). The number of imidazole rings is 1. The van der Waals surface area contributed by atoms with Crippen molar-refractivity contribution >= 4 is 21.8 Å². The van der Waals surface area contributed by atoms with Crippen LogP contribution in [0.2, 0.25) is 0 Å². The van der Waals surface area contributed by atoms with Crippen LogP contribution >= 0.6 is 0 Å². The number of aromatic nitrogens is 5. The van der Waals surface area contributed by atoms with Gasteiger partial charge in [-0.05, 0) is 47.5 Å². The first-order chi connectivity index (χ1) is 16.8. The molecule has 3 aromatic heterocycles. The second-order valence-corrected chi connectivity index (χ2v) is 9.27. The van der Waals surface area contributed by atoms with Crippen LogP contribution in [0.4, 0.5) is 8.78 Å². The Hall–Kier alpha value is -3.99. The van der Waals surface area contributed by atoms with Gasteiger partial charge in [0.05, 0.1) is 28.8 Å². The molecule has 0 radical (unpaired) electrons. The summed E-state index contributed by atoms with van der Waals surface area (Å²) in [5, 5.41) is 6.93. The second-order valence-electron chi connectivity index (χ2n) is 7.89. The summed E-state index contributed by atoms with van der Waals surface area (Å²) in [6, 6.07) is 16.6. The summed E-state index contributed by atoms with van der Waals surface area (Å²) < 4.78 is 45.1. The number of alkyl halides is 2.